The molecule has 0 saturated carbocycles. The van der Waals surface area contributed by atoms with E-state index in [4.69, 9.17) is 32.7 Å². The Morgan fingerprint density at radius 3 is 2.56 bits per heavy atom. The summed E-state index contributed by atoms with van der Waals surface area (Å²) in [5, 5.41) is -0.195. The molecule has 0 unspecified atom stereocenters. The van der Waals surface area contributed by atoms with Crippen LogP contribution in [0.4, 0.5) is 4.39 Å². The second-order valence-corrected chi connectivity index (χ2v) is 3.77. The number of hydrogen-bond acceptors (Lipinski definition) is 5. The summed E-state index contributed by atoms with van der Waals surface area (Å²) in [6.45, 7) is 0. The first-order valence-electron chi connectivity index (χ1n) is 4.67. The fraction of sp³-hybridized carbons (Fsp3) is 0.100. The van der Waals surface area contributed by atoms with E-state index in [0.29, 0.717) is 0 Å². The van der Waals surface area contributed by atoms with Crippen molar-refractivity contribution in [3.63, 3.8) is 0 Å². The van der Waals surface area contributed by atoms with Gasteiger partial charge in [0.1, 0.15) is 0 Å². The van der Waals surface area contributed by atoms with Crippen LogP contribution in [0.1, 0.15) is 0 Å². The van der Waals surface area contributed by atoms with Crippen molar-refractivity contribution in [1.82, 2.24) is 15.0 Å². The molecular formula is C10H6Cl2FN3O2. The predicted octanol–water partition coefficient (Wildman–Crippen LogP) is 3.12. The second kappa shape index (κ2) is 5.32. The van der Waals surface area contributed by atoms with Crippen molar-refractivity contribution < 1.29 is 13.9 Å². The van der Waals surface area contributed by atoms with Gasteiger partial charge in [-0.3, -0.25) is 0 Å². The van der Waals surface area contributed by atoms with Gasteiger partial charge >= 0.3 is 12.0 Å². The lowest BCUT2D eigenvalue weighted by Gasteiger charge is -2.06. The van der Waals surface area contributed by atoms with Gasteiger partial charge in [-0.1, -0.05) is 17.7 Å². The lowest BCUT2D eigenvalue weighted by molar-refractivity contribution is 0.354. The molecule has 1 heterocycles. The number of halogens is 3. The molecule has 94 valence electrons. The standard InChI is InChI=1S/C10H6Cl2FN3O2/c1-17-9-14-8(12)15-10(16-9)18-6-4-2-3-5(11)7(6)13/h2-4H,1H3. The number of hydrogen-bond donors (Lipinski definition) is 0. The minimum absolute atomic E-state index is 0.0348. The quantitative estimate of drug-likeness (QED) is 0.869. The topological polar surface area (TPSA) is 57.1 Å². The third kappa shape index (κ3) is 2.77. The van der Waals surface area contributed by atoms with Gasteiger partial charge in [-0.05, 0) is 23.7 Å². The van der Waals surface area contributed by atoms with Gasteiger partial charge in [0.05, 0.1) is 12.1 Å². The molecule has 0 saturated heterocycles. The van der Waals surface area contributed by atoms with Crippen molar-refractivity contribution >= 4 is 23.2 Å². The number of nitrogens with zero attached hydrogens (tertiary/aromatic N) is 3. The smallest absolute Gasteiger partial charge is 0.329 e. The van der Waals surface area contributed by atoms with E-state index in [-0.39, 0.29) is 28.1 Å². The zero-order valence-corrected chi connectivity index (χ0v) is 10.5. The molecule has 0 spiro atoms. The van der Waals surface area contributed by atoms with E-state index < -0.39 is 5.82 Å². The fourth-order valence-electron chi connectivity index (χ4n) is 1.11. The van der Waals surface area contributed by atoms with Crippen LogP contribution in [0, 0.1) is 5.82 Å². The second-order valence-electron chi connectivity index (χ2n) is 3.03. The number of benzene rings is 1. The molecule has 0 bridgehead atoms. The van der Waals surface area contributed by atoms with Gasteiger partial charge < -0.3 is 9.47 Å². The van der Waals surface area contributed by atoms with Crippen LogP contribution in [0.2, 0.25) is 10.3 Å². The summed E-state index contributed by atoms with van der Waals surface area (Å²) in [6, 6.07) is 4.08. The molecule has 0 atom stereocenters. The van der Waals surface area contributed by atoms with Crippen molar-refractivity contribution in [1.29, 1.82) is 0 Å². The Morgan fingerprint density at radius 2 is 1.83 bits per heavy atom. The number of methoxy groups -OCH3 is 1. The maximum Gasteiger partial charge on any atom is 0.329 e. The summed E-state index contributed by atoms with van der Waals surface area (Å²) >= 11 is 11.2. The molecule has 0 aliphatic rings. The Morgan fingerprint density at radius 1 is 1.11 bits per heavy atom. The van der Waals surface area contributed by atoms with Crippen LogP contribution in [0.3, 0.4) is 0 Å². The Bertz CT molecular complexity index is 583. The van der Waals surface area contributed by atoms with Gasteiger partial charge in [-0.15, -0.1) is 4.98 Å². The Balaban J connectivity index is 2.34. The van der Waals surface area contributed by atoms with Gasteiger partial charge in [0, 0.05) is 0 Å². The average molecular weight is 290 g/mol. The van der Waals surface area contributed by atoms with E-state index in [0.717, 1.165) is 0 Å². The largest absolute Gasteiger partial charge is 0.467 e. The average Bonchev–Trinajstić information content (AvgIpc) is 2.34. The Kier molecular flexibility index (Phi) is 3.78. The maximum absolute atomic E-state index is 13.6. The molecule has 2 aromatic rings. The molecule has 1 aromatic heterocycles. The van der Waals surface area contributed by atoms with Crippen molar-refractivity contribution in [2.24, 2.45) is 0 Å². The van der Waals surface area contributed by atoms with Crippen LogP contribution in [-0.2, 0) is 0 Å². The van der Waals surface area contributed by atoms with Crippen LogP contribution < -0.4 is 9.47 Å². The highest BCUT2D eigenvalue weighted by molar-refractivity contribution is 6.30. The third-order valence-corrected chi connectivity index (χ3v) is 2.33. The van der Waals surface area contributed by atoms with E-state index in [1.807, 2.05) is 0 Å². The molecule has 8 heteroatoms. The molecule has 2 rings (SSSR count). The highest BCUT2D eigenvalue weighted by atomic mass is 35.5. The van der Waals surface area contributed by atoms with E-state index in [1.165, 1.54) is 25.3 Å². The van der Waals surface area contributed by atoms with E-state index >= 15 is 0 Å². The fourth-order valence-corrected chi connectivity index (χ4v) is 1.42. The maximum atomic E-state index is 13.6. The summed E-state index contributed by atoms with van der Waals surface area (Å²) in [6.07, 6.45) is 0. The lowest BCUT2D eigenvalue weighted by atomic mass is 10.3. The van der Waals surface area contributed by atoms with Gasteiger partial charge in [0.15, 0.2) is 11.6 Å². The molecule has 0 radical (unpaired) electrons. The summed E-state index contributed by atoms with van der Waals surface area (Å²) in [7, 11) is 1.36. The van der Waals surface area contributed by atoms with E-state index in [2.05, 4.69) is 15.0 Å². The molecule has 5 nitrogen and oxygen atoms in total. The number of aromatic nitrogens is 3. The Labute approximate surface area is 112 Å². The molecular weight excluding hydrogens is 284 g/mol. The first-order valence-corrected chi connectivity index (χ1v) is 5.43. The van der Waals surface area contributed by atoms with Crippen molar-refractivity contribution in [2.75, 3.05) is 7.11 Å². The van der Waals surface area contributed by atoms with Crippen molar-refractivity contribution in [3.8, 4) is 17.8 Å². The van der Waals surface area contributed by atoms with Crippen molar-refractivity contribution in [3.05, 3.63) is 34.3 Å². The highest BCUT2D eigenvalue weighted by Crippen LogP contribution is 2.27. The lowest BCUT2D eigenvalue weighted by Crippen LogP contribution is -1.99. The molecule has 0 amide bonds. The Hall–Kier alpha value is -1.66. The first kappa shape index (κ1) is 12.8. The SMILES string of the molecule is COc1nc(Cl)nc(Oc2cccc(Cl)c2F)n1. The summed E-state index contributed by atoms with van der Waals surface area (Å²) in [5.41, 5.74) is 0. The molecule has 1 aromatic carbocycles. The van der Waals surface area contributed by atoms with Gasteiger partial charge in [0.2, 0.25) is 5.28 Å². The zero-order chi connectivity index (χ0) is 13.1. The molecule has 0 fully saturated rings. The van der Waals surface area contributed by atoms with Crippen LogP contribution in [0.15, 0.2) is 18.2 Å². The van der Waals surface area contributed by atoms with E-state index in [9.17, 15) is 4.39 Å². The predicted molar refractivity (Wildman–Crippen MR) is 62.9 cm³/mol. The summed E-state index contributed by atoms with van der Waals surface area (Å²) in [4.78, 5) is 11.1. The summed E-state index contributed by atoms with van der Waals surface area (Å²) < 4.78 is 23.5. The zero-order valence-electron chi connectivity index (χ0n) is 9.02. The minimum atomic E-state index is -0.713. The highest BCUT2D eigenvalue weighted by Gasteiger charge is 2.12. The van der Waals surface area contributed by atoms with Crippen LogP contribution in [0.5, 0.6) is 17.8 Å². The molecule has 18 heavy (non-hydrogen) atoms. The van der Waals surface area contributed by atoms with E-state index in [1.54, 1.807) is 0 Å². The van der Waals surface area contributed by atoms with Gasteiger partial charge in [-0.2, -0.15) is 9.97 Å². The van der Waals surface area contributed by atoms with Crippen molar-refractivity contribution in [2.45, 2.75) is 0 Å². The van der Waals surface area contributed by atoms with Gasteiger partial charge in [-0.25, -0.2) is 4.39 Å². The van der Waals surface area contributed by atoms with Crippen LogP contribution in [-0.4, -0.2) is 22.1 Å². The molecule has 0 aliphatic heterocycles. The van der Waals surface area contributed by atoms with Crippen LogP contribution in [0.25, 0.3) is 0 Å². The van der Waals surface area contributed by atoms with Crippen LogP contribution >= 0.6 is 23.2 Å². The number of ether oxygens (including phenoxy) is 2. The molecule has 0 aliphatic carbocycles. The monoisotopic (exact) mass is 289 g/mol. The van der Waals surface area contributed by atoms with Gasteiger partial charge in [0.25, 0.3) is 0 Å². The third-order valence-electron chi connectivity index (χ3n) is 1.87. The molecule has 0 N–H and O–H groups in total. The minimum Gasteiger partial charge on any atom is -0.467 e. The summed E-state index contributed by atoms with van der Waals surface area (Å²) in [5.74, 6) is -0.832. The first-order chi connectivity index (χ1) is 8.60. The number of rotatable bonds is 3. The normalized spacial score (nSPS) is 10.2.